The second kappa shape index (κ2) is 6.85. The first-order valence-corrected chi connectivity index (χ1v) is 10.6. The van der Waals surface area contributed by atoms with Crippen molar-refractivity contribution in [2.45, 2.75) is 63.3 Å². The van der Waals surface area contributed by atoms with Crippen molar-refractivity contribution in [1.29, 1.82) is 0 Å². The molecule has 0 saturated heterocycles. The van der Waals surface area contributed by atoms with Crippen LogP contribution >= 0.6 is 0 Å². The van der Waals surface area contributed by atoms with E-state index in [-0.39, 0.29) is 0 Å². The molecule has 1 aromatic rings. The lowest BCUT2D eigenvalue weighted by molar-refractivity contribution is 0.0564. The Morgan fingerprint density at radius 1 is 1.38 bits per heavy atom. The maximum Gasteiger partial charge on any atom is 0.337 e. The van der Waals surface area contributed by atoms with Crippen LogP contribution in [0.1, 0.15) is 56.0 Å². The van der Waals surface area contributed by atoms with Crippen molar-refractivity contribution in [3.63, 3.8) is 0 Å². The molecule has 6 nitrogen and oxygen atoms in total. The molecule has 0 bridgehead atoms. The average molecular weight is 381 g/mol. The molecular weight excluding hydrogens is 354 g/mol. The summed E-state index contributed by atoms with van der Waals surface area (Å²) in [7, 11) is -2.11. The fourth-order valence-corrected chi connectivity index (χ4v) is 4.87. The first kappa shape index (κ1) is 19.2. The summed E-state index contributed by atoms with van der Waals surface area (Å²) in [4.78, 5) is 11.8. The van der Waals surface area contributed by atoms with Gasteiger partial charge in [0.2, 0.25) is 10.0 Å². The minimum atomic E-state index is -3.44. The first-order chi connectivity index (χ1) is 12.1. The third-order valence-electron chi connectivity index (χ3n) is 5.32. The number of rotatable bonds is 6. The van der Waals surface area contributed by atoms with Crippen LogP contribution in [0.5, 0.6) is 5.75 Å². The lowest BCUT2D eigenvalue weighted by atomic mass is 9.89. The number of benzene rings is 1. The van der Waals surface area contributed by atoms with Crippen molar-refractivity contribution in [2.75, 3.05) is 7.11 Å². The van der Waals surface area contributed by atoms with E-state index in [0.29, 0.717) is 30.1 Å². The number of hydrogen-bond donors (Lipinski definition) is 1. The normalized spacial score (nSPS) is 22.8. The van der Waals surface area contributed by atoms with Crippen molar-refractivity contribution in [1.82, 2.24) is 4.72 Å². The van der Waals surface area contributed by atoms with Gasteiger partial charge in [-0.3, -0.25) is 0 Å². The summed E-state index contributed by atoms with van der Waals surface area (Å²) in [5.74, 6) is 0.789. The largest absolute Gasteiger partial charge is 0.486 e. The fourth-order valence-electron chi connectivity index (χ4n) is 3.35. The average Bonchev–Trinajstić information content (AvgIpc) is 3.37. The van der Waals surface area contributed by atoms with Gasteiger partial charge in [-0.15, -0.1) is 0 Å². The topological polar surface area (TPSA) is 81.7 Å². The van der Waals surface area contributed by atoms with Gasteiger partial charge in [0.25, 0.3) is 0 Å². The van der Waals surface area contributed by atoms with Crippen LogP contribution in [0.4, 0.5) is 0 Å². The minimum Gasteiger partial charge on any atom is -0.486 e. The molecule has 0 radical (unpaired) electrons. The SMILES string of the molecule is COC(=O)c1ccc2c(c1)CC(NS(=O)(=O)C(C)CC1CC1)C(C)(C)O2. The Balaban J connectivity index is 1.80. The zero-order valence-electron chi connectivity index (χ0n) is 15.7. The predicted octanol–water partition coefficient (Wildman–Crippen LogP) is 2.66. The van der Waals surface area contributed by atoms with Crippen molar-refractivity contribution in [3.05, 3.63) is 29.3 Å². The zero-order valence-corrected chi connectivity index (χ0v) is 16.6. The van der Waals surface area contributed by atoms with Gasteiger partial charge in [-0.25, -0.2) is 17.9 Å². The maximum absolute atomic E-state index is 12.7. The van der Waals surface area contributed by atoms with Crippen LogP contribution in [-0.2, 0) is 21.2 Å². The molecule has 1 aromatic carbocycles. The molecule has 1 aliphatic carbocycles. The highest BCUT2D eigenvalue weighted by Crippen LogP contribution is 2.36. The number of hydrogen-bond acceptors (Lipinski definition) is 5. The molecule has 1 fully saturated rings. The summed E-state index contributed by atoms with van der Waals surface area (Å²) in [6.07, 6.45) is 3.41. The van der Waals surface area contributed by atoms with Gasteiger partial charge in [0.15, 0.2) is 0 Å². The Morgan fingerprint density at radius 2 is 2.08 bits per heavy atom. The number of ether oxygens (including phenoxy) is 2. The molecule has 7 heteroatoms. The third kappa shape index (κ3) is 4.04. The number of fused-ring (bicyclic) bond motifs is 1. The number of methoxy groups -OCH3 is 1. The van der Waals surface area contributed by atoms with E-state index in [4.69, 9.17) is 9.47 Å². The van der Waals surface area contributed by atoms with Crippen molar-refractivity contribution < 1.29 is 22.7 Å². The van der Waals surface area contributed by atoms with Crippen LogP contribution in [0.2, 0.25) is 0 Å². The van der Waals surface area contributed by atoms with Gasteiger partial charge in [-0.1, -0.05) is 12.8 Å². The summed E-state index contributed by atoms with van der Waals surface area (Å²) in [6.45, 7) is 5.52. The molecular formula is C19H27NO5S. The van der Waals surface area contributed by atoms with Crippen molar-refractivity contribution in [3.8, 4) is 5.75 Å². The van der Waals surface area contributed by atoms with Crippen LogP contribution in [0.25, 0.3) is 0 Å². The van der Waals surface area contributed by atoms with Crippen LogP contribution in [0, 0.1) is 5.92 Å². The van der Waals surface area contributed by atoms with Crippen LogP contribution < -0.4 is 9.46 Å². The van der Waals surface area contributed by atoms with E-state index in [0.717, 1.165) is 18.4 Å². The van der Waals surface area contributed by atoms with E-state index in [1.807, 2.05) is 13.8 Å². The second-order valence-electron chi connectivity index (χ2n) is 7.93. The van der Waals surface area contributed by atoms with E-state index in [1.54, 1.807) is 25.1 Å². The Bertz CT molecular complexity index is 798. The monoisotopic (exact) mass is 381 g/mol. The maximum atomic E-state index is 12.7. The van der Waals surface area contributed by atoms with E-state index >= 15 is 0 Å². The molecule has 1 N–H and O–H groups in total. The van der Waals surface area contributed by atoms with Gasteiger partial charge in [-0.2, -0.15) is 0 Å². The molecule has 3 rings (SSSR count). The molecule has 1 heterocycles. The molecule has 2 aliphatic rings. The van der Waals surface area contributed by atoms with Gasteiger partial charge in [0, 0.05) is 0 Å². The fraction of sp³-hybridized carbons (Fsp3) is 0.632. The number of carbonyl (C=O) groups is 1. The number of sulfonamides is 1. The second-order valence-corrected chi connectivity index (χ2v) is 10.1. The highest BCUT2D eigenvalue weighted by Gasteiger charge is 2.41. The standard InChI is InChI=1S/C19H27NO5S/c1-12(9-13-5-6-13)26(22,23)20-17-11-15-10-14(18(21)24-4)7-8-16(15)25-19(17,2)3/h7-8,10,12-13,17,20H,5-6,9,11H2,1-4H3. The van der Waals surface area contributed by atoms with Gasteiger partial charge < -0.3 is 9.47 Å². The predicted molar refractivity (Wildman–Crippen MR) is 98.8 cm³/mol. The van der Waals surface area contributed by atoms with Gasteiger partial charge >= 0.3 is 5.97 Å². The van der Waals surface area contributed by atoms with E-state index in [9.17, 15) is 13.2 Å². The van der Waals surface area contributed by atoms with Crippen molar-refractivity contribution in [2.24, 2.45) is 5.92 Å². The number of carbonyl (C=O) groups excluding carboxylic acids is 1. The lowest BCUT2D eigenvalue weighted by Gasteiger charge is -2.40. The van der Waals surface area contributed by atoms with E-state index < -0.39 is 32.9 Å². The minimum absolute atomic E-state index is 0.408. The van der Waals surface area contributed by atoms with E-state index in [2.05, 4.69) is 4.72 Å². The Labute approximate surface area is 155 Å². The molecule has 0 aromatic heterocycles. The van der Waals surface area contributed by atoms with Crippen LogP contribution in [0.15, 0.2) is 18.2 Å². The number of esters is 1. The molecule has 144 valence electrons. The number of nitrogens with one attached hydrogen (secondary N) is 1. The molecule has 1 saturated carbocycles. The highest BCUT2D eigenvalue weighted by molar-refractivity contribution is 7.90. The summed E-state index contributed by atoms with van der Waals surface area (Å²) in [6, 6.07) is 4.70. The Hall–Kier alpha value is -1.60. The summed E-state index contributed by atoms with van der Waals surface area (Å²) >= 11 is 0. The summed E-state index contributed by atoms with van der Waals surface area (Å²) in [5, 5.41) is -0.423. The van der Waals surface area contributed by atoms with Gasteiger partial charge in [0.05, 0.1) is 24.0 Å². The first-order valence-electron chi connectivity index (χ1n) is 9.04. The van der Waals surface area contributed by atoms with Gasteiger partial charge in [-0.05, 0) is 63.3 Å². The smallest absolute Gasteiger partial charge is 0.337 e. The summed E-state index contributed by atoms with van der Waals surface area (Å²) in [5.41, 5.74) is 0.541. The highest BCUT2D eigenvalue weighted by atomic mass is 32.2. The lowest BCUT2D eigenvalue weighted by Crippen LogP contribution is -2.57. The van der Waals surface area contributed by atoms with Crippen LogP contribution in [-0.4, -0.2) is 38.4 Å². The summed E-state index contributed by atoms with van der Waals surface area (Å²) < 4.78 is 39.1. The Kier molecular flexibility index (Phi) is 5.05. The van der Waals surface area contributed by atoms with Crippen LogP contribution in [0.3, 0.4) is 0 Å². The molecule has 2 unspecified atom stereocenters. The quantitative estimate of drug-likeness (QED) is 0.766. The molecule has 0 amide bonds. The molecule has 26 heavy (non-hydrogen) atoms. The van der Waals surface area contributed by atoms with E-state index in [1.165, 1.54) is 7.11 Å². The molecule has 0 spiro atoms. The Morgan fingerprint density at radius 3 is 2.69 bits per heavy atom. The zero-order chi connectivity index (χ0) is 19.1. The molecule has 1 aliphatic heterocycles. The molecule has 2 atom stereocenters. The van der Waals surface area contributed by atoms with Gasteiger partial charge in [0.1, 0.15) is 11.4 Å². The third-order valence-corrected chi connectivity index (χ3v) is 7.18. The van der Waals surface area contributed by atoms with Crippen molar-refractivity contribution >= 4 is 16.0 Å².